The number of amides is 2. The van der Waals surface area contributed by atoms with Crippen molar-refractivity contribution in [2.45, 2.75) is 44.1 Å². The number of hydrogen-bond acceptors (Lipinski definition) is 4. The number of hydrogen-bond donors (Lipinski definition) is 1. The number of nitrogens with one attached hydrogen (secondary N) is 1. The van der Waals surface area contributed by atoms with Crippen molar-refractivity contribution < 1.29 is 9.59 Å². The molecule has 1 saturated heterocycles. The third-order valence-corrected chi connectivity index (χ3v) is 5.61. The first kappa shape index (κ1) is 19.4. The van der Waals surface area contributed by atoms with Crippen LogP contribution in [-0.2, 0) is 16.0 Å². The van der Waals surface area contributed by atoms with E-state index in [0.29, 0.717) is 39.1 Å². The van der Waals surface area contributed by atoms with Crippen molar-refractivity contribution in [3.05, 3.63) is 35.9 Å². The Balaban J connectivity index is 1.39. The van der Waals surface area contributed by atoms with Crippen LogP contribution in [0.15, 0.2) is 30.3 Å². The maximum absolute atomic E-state index is 12.4. The summed E-state index contributed by atoms with van der Waals surface area (Å²) in [5.74, 6) is 0.0969. The SMILES string of the molecule is N#CC1(NC(=O)CN2CCN(C(=O)CCc3ccccc3)CC2)CCCC1. The van der Waals surface area contributed by atoms with E-state index in [1.165, 1.54) is 5.56 Å². The summed E-state index contributed by atoms with van der Waals surface area (Å²) in [6, 6.07) is 12.3. The Labute approximate surface area is 161 Å². The first-order valence-corrected chi connectivity index (χ1v) is 9.87. The van der Waals surface area contributed by atoms with E-state index in [-0.39, 0.29) is 11.8 Å². The number of piperazine rings is 1. The van der Waals surface area contributed by atoms with Gasteiger partial charge in [0.25, 0.3) is 0 Å². The maximum Gasteiger partial charge on any atom is 0.235 e. The van der Waals surface area contributed by atoms with Crippen molar-refractivity contribution in [1.82, 2.24) is 15.1 Å². The van der Waals surface area contributed by atoms with Crippen LogP contribution in [0.4, 0.5) is 0 Å². The van der Waals surface area contributed by atoms with Gasteiger partial charge in [0.15, 0.2) is 0 Å². The molecule has 0 unspecified atom stereocenters. The monoisotopic (exact) mass is 368 g/mol. The molecule has 1 saturated carbocycles. The van der Waals surface area contributed by atoms with Crippen LogP contribution >= 0.6 is 0 Å². The first-order chi connectivity index (χ1) is 13.1. The summed E-state index contributed by atoms with van der Waals surface area (Å²) in [5.41, 5.74) is 0.520. The molecular formula is C21H28N4O2. The van der Waals surface area contributed by atoms with Crippen LogP contribution in [0.3, 0.4) is 0 Å². The molecule has 3 rings (SSSR count). The van der Waals surface area contributed by atoms with Crippen molar-refractivity contribution in [3.63, 3.8) is 0 Å². The van der Waals surface area contributed by atoms with E-state index in [9.17, 15) is 14.9 Å². The molecule has 1 aliphatic heterocycles. The molecule has 0 radical (unpaired) electrons. The number of carbonyl (C=O) groups is 2. The fourth-order valence-electron chi connectivity index (χ4n) is 3.96. The smallest absolute Gasteiger partial charge is 0.235 e. The number of carbonyl (C=O) groups excluding carboxylic acids is 2. The second-order valence-electron chi connectivity index (χ2n) is 7.59. The molecule has 1 N–H and O–H groups in total. The number of benzene rings is 1. The van der Waals surface area contributed by atoms with Gasteiger partial charge in [-0.15, -0.1) is 0 Å². The maximum atomic E-state index is 12.4. The van der Waals surface area contributed by atoms with Crippen LogP contribution in [-0.4, -0.2) is 59.9 Å². The zero-order valence-corrected chi connectivity index (χ0v) is 15.8. The van der Waals surface area contributed by atoms with Gasteiger partial charge >= 0.3 is 0 Å². The molecule has 0 spiro atoms. The minimum Gasteiger partial charge on any atom is -0.340 e. The van der Waals surface area contributed by atoms with Gasteiger partial charge in [0, 0.05) is 32.6 Å². The zero-order chi connectivity index (χ0) is 19.1. The highest BCUT2D eigenvalue weighted by atomic mass is 16.2. The van der Waals surface area contributed by atoms with Crippen molar-refractivity contribution in [3.8, 4) is 6.07 Å². The highest BCUT2D eigenvalue weighted by Gasteiger charge is 2.35. The van der Waals surface area contributed by atoms with E-state index >= 15 is 0 Å². The van der Waals surface area contributed by atoms with Crippen LogP contribution in [0, 0.1) is 11.3 Å². The predicted octanol–water partition coefficient (Wildman–Crippen LogP) is 1.72. The molecule has 2 fully saturated rings. The highest BCUT2D eigenvalue weighted by Crippen LogP contribution is 2.28. The zero-order valence-electron chi connectivity index (χ0n) is 15.8. The number of nitriles is 1. The first-order valence-electron chi connectivity index (χ1n) is 9.87. The molecule has 0 atom stereocenters. The summed E-state index contributed by atoms with van der Waals surface area (Å²) in [6.07, 6.45) is 4.78. The molecule has 1 aliphatic carbocycles. The lowest BCUT2D eigenvalue weighted by molar-refractivity contribution is -0.133. The minimum atomic E-state index is -0.660. The van der Waals surface area contributed by atoms with Gasteiger partial charge in [-0.05, 0) is 37.7 Å². The van der Waals surface area contributed by atoms with Gasteiger partial charge in [-0.2, -0.15) is 5.26 Å². The van der Waals surface area contributed by atoms with Crippen molar-refractivity contribution in [2.75, 3.05) is 32.7 Å². The summed E-state index contributed by atoms with van der Waals surface area (Å²) in [6.45, 7) is 3.01. The molecule has 6 nitrogen and oxygen atoms in total. The van der Waals surface area contributed by atoms with Crippen molar-refractivity contribution >= 4 is 11.8 Å². The summed E-state index contributed by atoms with van der Waals surface area (Å²) in [7, 11) is 0. The fourth-order valence-corrected chi connectivity index (χ4v) is 3.96. The Morgan fingerprint density at radius 1 is 1.07 bits per heavy atom. The van der Waals surface area contributed by atoms with Crippen LogP contribution in [0.25, 0.3) is 0 Å². The minimum absolute atomic E-state index is 0.0812. The highest BCUT2D eigenvalue weighted by molar-refractivity contribution is 5.79. The summed E-state index contributed by atoms with van der Waals surface area (Å²) >= 11 is 0. The molecule has 1 aromatic carbocycles. The van der Waals surface area contributed by atoms with Gasteiger partial charge in [0.1, 0.15) is 5.54 Å². The molecule has 144 valence electrons. The van der Waals surface area contributed by atoms with Crippen LogP contribution in [0.1, 0.15) is 37.7 Å². The van der Waals surface area contributed by atoms with Crippen LogP contribution in [0.5, 0.6) is 0 Å². The average molecular weight is 368 g/mol. The average Bonchev–Trinajstić information content (AvgIpc) is 3.16. The normalized spacial score (nSPS) is 19.4. The van der Waals surface area contributed by atoms with Gasteiger partial charge < -0.3 is 10.2 Å². The molecule has 27 heavy (non-hydrogen) atoms. The molecule has 1 heterocycles. The van der Waals surface area contributed by atoms with Crippen LogP contribution in [0.2, 0.25) is 0 Å². The quantitative estimate of drug-likeness (QED) is 0.829. The topological polar surface area (TPSA) is 76.4 Å². The second kappa shape index (κ2) is 9.01. The largest absolute Gasteiger partial charge is 0.340 e. The van der Waals surface area contributed by atoms with Crippen LogP contribution < -0.4 is 5.32 Å². The standard InChI is InChI=1S/C21H28N4O2/c22-17-21(10-4-5-11-21)23-19(26)16-24-12-14-25(15-13-24)20(27)9-8-18-6-2-1-3-7-18/h1-3,6-7H,4-5,8-16H2,(H,23,26). The third kappa shape index (κ3) is 5.30. The Bertz CT molecular complexity index is 684. The van der Waals surface area contributed by atoms with E-state index in [2.05, 4.69) is 16.3 Å². The Kier molecular flexibility index (Phi) is 6.46. The van der Waals surface area contributed by atoms with E-state index in [1.54, 1.807) is 0 Å². The van der Waals surface area contributed by atoms with Gasteiger partial charge in [-0.25, -0.2) is 0 Å². The van der Waals surface area contributed by atoms with E-state index in [1.807, 2.05) is 35.2 Å². The third-order valence-electron chi connectivity index (χ3n) is 5.61. The lowest BCUT2D eigenvalue weighted by Crippen LogP contribution is -2.53. The fraction of sp³-hybridized carbons (Fsp3) is 0.571. The number of nitrogens with zero attached hydrogens (tertiary/aromatic N) is 3. The molecule has 2 aliphatic rings. The summed E-state index contributed by atoms with van der Waals surface area (Å²) in [4.78, 5) is 28.7. The number of rotatable bonds is 6. The Morgan fingerprint density at radius 3 is 2.37 bits per heavy atom. The molecule has 0 aromatic heterocycles. The summed E-state index contributed by atoms with van der Waals surface area (Å²) < 4.78 is 0. The van der Waals surface area contributed by atoms with E-state index < -0.39 is 5.54 Å². The molecular weight excluding hydrogens is 340 g/mol. The Hall–Kier alpha value is -2.39. The van der Waals surface area contributed by atoms with Crippen molar-refractivity contribution in [1.29, 1.82) is 5.26 Å². The number of aryl methyl sites for hydroxylation is 1. The van der Waals surface area contributed by atoms with Crippen molar-refractivity contribution in [2.24, 2.45) is 0 Å². The lowest BCUT2D eigenvalue weighted by Gasteiger charge is -2.35. The lowest BCUT2D eigenvalue weighted by atomic mass is 10.00. The van der Waals surface area contributed by atoms with E-state index in [0.717, 1.165) is 32.1 Å². The Morgan fingerprint density at radius 2 is 1.74 bits per heavy atom. The summed E-state index contributed by atoms with van der Waals surface area (Å²) in [5, 5.41) is 12.3. The molecule has 2 amide bonds. The second-order valence-corrected chi connectivity index (χ2v) is 7.59. The van der Waals surface area contributed by atoms with E-state index in [4.69, 9.17) is 0 Å². The predicted molar refractivity (Wildman–Crippen MR) is 103 cm³/mol. The van der Waals surface area contributed by atoms with Gasteiger partial charge in [0.2, 0.25) is 11.8 Å². The van der Waals surface area contributed by atoms with Gasteiger partial charge in [0.05, 0.1) is 12.6 Å². The molecule has 0 bridgehead atoms. The van der Waals surface area contributed by atoms with Gasteiger partial charge in [-0.3, -0.25) is 14.5 Å². The van der Waals surface area contributed by atoms with Gasteiger partial charge in [-0.1, -0.05) is 30.3 Å². The molecule has 6 heteroatoms. The molecule has 1 aromatic rings.